The first-order valence-electron chi connectivity index (χ1n) is 7.70. The Hall–Kier alpha value is -2.00. The number of urea groups is 1. The predicted octanol–water partition coefficient (Wildman–Crippen LogP) is 1.92. The average Bonchev–Trinajstić information content (AvgIpc) is 2.93. The Balaban J connectivity index is 2.06. The van der Waals surface area contributed by atoms with E-state index in [-0.39, 0.29) is 12.6 Å². The van der Waals surface area contributed by atoms with Gasteiger partial charge in [-0.3, -0.25) is 0 Å². The van der Waals surface area contributed by atoms with Gasteiger partial charge in [0.05, 0.1) is 12.3 Å². The van der Waals surface area contributed by atoms with E-state index in [0.717, 1.165) is 18.4 Å². The van der Waals surface area contributed by atoms with E-state index in [9.17, 15) is 22.0 Å². The molecule has 2 atom stereocenters. The van der Waals surface area contributed by atoms with Gasteiger partial charge in [-0.1, -0.05) is 18.2 Å². The maximum Gasteiger partial charge on any atom is 0.318 e. The first kappa shape index (κ1) is 19.3. The third-order valence-electron chi connectivity index (χ3n) is 3.89. The minimum atomic E-state index is -3.34. The van der Waals surface area contributed by atoms with Gasteiger partial charge in [0.15, 0.2) is 11.6 Å². The van der Waals surface area contributed by atoms with E-state index in [0.29, 0.717) is 24.1 Å². The molecule has 25 heavy (non-hydrogen) atoms. The molecule has 1 aliphatic rings. The molecule has 6 nitrogen and oxygen atoms in total. The quantitative estimate of drug-likeness (QED) is 0.774. The molecule has 1 saturated heterocycles. The van der Waals surface area contributed by atoms with Crippen molar-refractivity contribution in [2.75, 3.05) is 19.3 Å². The Bertz CT molecular complexity index is 783. The van der Waals surface area contributed by atoms with Gasteiger partial charge in [0.2, 0.25) is 10.0 Å². The lowest BCUT2D eigenvalue weighted by molar-refractivity contribution is 0.205. The second-order valence-electron chi connectivity index (χ2n) is 6.22. The van der Waals surface area contributed by atoms with Crippen LogP contribution in [-0.4, -0.2) is 44.7 Å². The van der Waals surface area contributed by atoms with Crippen LogP contribution in [0.4, 0.5) is 13.6 Å². The molecule has 1 aromatic rings. The number of nitrogens with zero attached hydrogens (tertiary/aromatic N) is 1. The summed E-state index contributed by atoms with van der Waals surface area (Å²) in [6.45, 7) is 6.08. The zero-order valence-corrected chi connectivity index (χ0v) is 14.9. The smallest absolute Gasteiger partial charge is 0.318 e. The summed E-state index contributed by atoms with van der Waals surface area (Å²) in [5.41, 5.74) is 0.939. The Morgan fingerprint density at radius 3 is 2.60 bits per heavy atom. The molecule has 1 aromatic carbocycles. The molecule has 0 aliphatic carbocycles. The average molecular weight is 373 g/mol. The van der Waals surface area contributed by atoms with Crippen molar-refractivity contribution in [1.29, 1.82) is 0 Å². The maximum absolute atomic E-state index is 13.5. The van der Waals surface area contributed by atoms with Crippen molar-refractivity contribution < 1.29 is 22.0 Å². The van der Waals surface area contributed by atoms with Crippen molar-refractivity contribution in [3.63, 3.8) is 0 Å². The summed E-state index contributed by atoms with van der Waals surface area (Å²) in [5.74, 6) is -1.97. The van der Waals surface area contributed by atoms with Gasteiger partial charge < -0.3 is 10.2 Å². The molecule has 2 rings (SSSR count). The number of benzene rings is 1. The van der Waals surface area contributed by atoms with Crippen LogP contribution in [0.3, 0.4) is 0 Å². The van der Waals surface area contributed by atoms with Crippen LogP contribution in [0, 0.1) is 11.6 Å². The number of sulfonamides is 1. The normalized spacial score (nSPS) is 18.9. The molecule has 9 heteroatoms. The molecule has 0 aromatic heterocycles. The second kappa shape index (κ2) is 7.49. The summed E-state index contributed by atoms with van der Waals surface area (Å²) in [5, 5.41) is 2.73. The zero-order valence-electron chi connectivity index (χ0n) is 14.1. The number of hydrogen-bond acceptors (Lipinski definition) is 3. The summed E-state index contributed by atoms with van der Waals surface area (Å²) < 4.78 is 51.6. The highest BCUT2D eigenvalue weighted by molar-refractivity contribution is 7.88. The Morgan fingerprint density at radius 2 is 2.04 bits per heavy atom. The van der Waals surface area contributed by atoms with E-state index in [2.05, 4.69) is 16.6 Å². The van der Waals surface area contributed by atoms with Crippen molar-refractivity contribution in [3.05, 3.63) is 47.5 Å². The molecule has 1 aliphatic heterocycles. The fourth-order valence-corrected chi connectivity index (χ4v) is 3.54. The Labute approximate surface area is 145 Å². The second-order valence-corrected chi connectivity index (χ2v) is 8.00. The highest BCUT2D eigenvalue weighted by Crippen LogP contribution is 2.23. The minimum Gasteiger partial charge on any atom is -0.327 e. The molecule has 1 heterocycles. The molecule has 1 fully saturated rings. The van der Waals surface area contributed by atoms with E-state index in [1.807, 2.05) is 0 Å². The number of halogens is 2. The molecule has 2 N–H and O–H groups in total. The van der Waals surface area contributed by atoms with E-state index >= 15 is 0 Å². The number of hydrogen-bond donors (Lipinski definition) is 2. The van der Waals surface area contributed by atoms with Crippen LogP contribution >= 0.6 is 0 Å². The summed E-state index contributed by atoms with van der Waals surface area (Å²) in [6, 6.07) is 1.96. The van der Waals surface area contributed by atoms with E-state index in [4.69, 9.17) is 0 Å². The fraction of sp³-hybridized carbons (Fsp3) is 0.438. The number of amides is 2. The molecule has 0 bridgehead atoms. The first-order chi connectivity index (χ1) is 11.6. The Kier molecular flexibility index (Phi) is 5.79. The molecular weight excluding hydrogens is 352 g/mol. The van der Waals surface area contributed by atoms with E-state index < -0.39 is 33.7 Å². The van der Waals surface area contributed by atoms with Gasteiger partial charge in [0, 0.05) is 19.1 Å². The monoisotopic (exact) mass is 373 g/mol. The van der Waals surface area contributed by atoms with Gasteiger partial charge in [0.25, 0.3) is 0 Å². The fourth-order valence-electron chi connectivity index (χ4n) is 2.74. The molecule has 0 saturated carbocycles. The van der Waals surface area contributed by atoms with Gasteiger partial charge >= 0.3 is 6.03 Å². The number of nitrogens with one attached hydrogen (secondary N) is 2. The highest BCUT2D eigenvalue weighted by Gasteiger charge is 2.29. The van der Waals surface area contributed by atoms with E-state index in [1.165, 1.54) is 11.0 Å². The number of likely N-dealkylation sites (tertiary alicyclic amines) is 1. The van der Waals surface area contributed by atoms with Crippen LogP contribution in [0.15, 0.2) is 30.4 Å². The van der Waals surface area contributed by atoms with Crippen molar-refractivity contribution in [3.8, 4) is 0 Å². The Morgan fingerprint density at radius 1 is 1.36 bits per heavy atom. The standard InChI is InChI=1S/C16H21F2N3O3S/c1-10(2)15(11-4-5-13(17)14(18)8-11)19-16(22)21-7-6-12(9-21)20-25(3,23)24/h4-5,8,12,15,20H,1,6-7,9H2,2-3H3,(H,19,22). The predicted molar refractivity (Wildman–Crippen MR) is 90.4 cm³/mol. The van der Waals surface area contributed by atoms with Gasteiger partial charge in [-0.05, 0) is 31.0 Å². The lowest BCUT2D eigenvalue weighted by Gasteiger charge is -2.24. The molecule has 0 spiro atoms. The molecule has 2 amide bonds. The van der Waals surface area contributed by atoms with Crippen molar-refractivity contribution in [2.45, 2.75) is 25.4 Å². The lowest BCUT2D eigenvalue weighted by Crippen LogP contribution is -2.43. The third-order valence-corrected chi connectivity index (χ3v) is 4.66. The zero-order chi connectivity index (χ0) is 18.8. The van der Waals surface area contributed by atoms with Crippen LogP contribution < -0.4 is 10.0 Å². The first-order valence-corrected chi connectivity index (χ1v) is 9.59. The molecule has 2 unspecified atom stereocenters. The summed E-state index contributed by atoms with van der Waals surface area (Å²) in [7, 11) is -3.34. The summed E-state index contributed by atoms with van der Waals surface area (Å²) in [4.78, 5) is 13.9. The van der Waals surface area contributed by atoms with Crippen molar-refractivity contribution in [2.24, 2.45) is 0 Å². The van der Waals surface area contributed by atoms with Gasteiger partial charge in [-0.25, -0.2) is 26.7 Å². The lowest BCUT2D eigenvalue weighted by atomic mass is 10.0. The van der Waals surface area contributed by atoms with Crippen LogP contribution in [0.2, 0.25) is 0 Å². The SMILES string of the molecule is C=C(C)C(NC(=O)N1CCC(NS(C)(=O)=O)C1)c1ccc(F)c(F)c1. The van der Waals surface area contributed by atoms with Crippen molar-refractivity contribution >= 4 is 16.1 Å². The third kappa shape index (κ3) is 5.23. The largest absolute Gasteiger partial charge is 0.327 e. The summed E-state index contributed by atoms with van der Waals surface area (Å²) in [6.07, 6.45) is 1.57. The van der Waals surface area contributed by atoms with E-state index in [1.54, 1.807) is 6.92 Å². The highest BCUT2D eigenvalue weighted by atomic mass is 32.2. The number of carbonyl (C=O) groups excluding carboxylic acids is 1. The number of rotatable bonds is 5. The summed E-state index contributed by atoms with van der Waals surface area (Å²) >= 11 is 0. The number of carbonyl (C=O) groups is 1. The van der Waals surface area contributed by atoms with Crippen LogP contribution in [0.1, 0.15) is 24.9 Å². The van der Waals surface area contributed by atoms with Crippen LogP contribution in [0.25, 0.3) is 0 Å². The molecule has 138 valence electrons. The molecular formula is C16H21F2N3O3S. The van der Waals surface area contributed by atoms with Crippen LogP contribution in [0.5, 0.6) is 0 Å². The molecule has 0 radical (unpaired) electrons. The topological polar surface area (TPSA) is 78.5 Å². The minimum absolute atomic E-state index is 0.236. The van der Waals surface area contributed by atoms with Gasteiger partial charge in [-0.15, -0.1) is 0 Å². The van der Waals surface area contributed by atoms with Crippen molar-refractivity contribution in [1.82, 2.24) is 14.9 Å². The van der Waals surface area contributed by atoms with Gasteiger partial charge in [-0.2, -0.15) is 0 Å². The van der Waals surface area contributed by atoms with Gasteiger partial charge in [0.1, 0.15) is 0 Å². The maximum atomic E-state index is 13.5. The van der Waals surface area contributed by atoms with Crippen LogP contribution in [-0.2, 0) is 10.0 Å².